The summed E-state index contributed by atoms with van der Waals surface area (Å²) in [7, 11) is 0. The number of fused-ring (bicyclic) bond motifs is 1. The number of hydrogen-bond acceptors (Lipinski definition) is 6. The van der Waals surface area contributed by atoms with E-state index in [0.717, 1.165) is 22.2 Å². The van der Waals surface area contributed by atoms with E-state index in [1.807, 2.05) is 63.2 Å². The van der Waals surface area contributed by atoms with E-state index in [-0.39, 0.29) is 0 Å². The second-order valence-electron chi connectivity index (χ2n) is 8.83. The molecule has 0 saturated carbocycles. The van der Waals surface area contributed by atoms with Crippen LogP contribution >= 0.6 is 11.6 Å². The van der Waals surface area contributed by atoms with Gasteiger partial charge in [-0.15, -0.1) is 0 Å². The summed E-state index contributed by atoms with van der Waals surface area (Å²) in [5, 5.41) is 7.41. The van der Waals surface area contributed by atoms with Crippen LogP contribution in [0, 0.1) is 0 Å². The van der Waals surface area contributed by atoms with Crippen LogP contribution in [0.4, 0.5) is 4.79 Å². The van der Waals surface area contributed by atoms with E-state index in [1.165, 1.54) is 0 Å². The quantitative estimate of drug-likeness (QED) is 0.338. The normalized spacial score (nSPS) is 12.4. The maximum absolute atomic E-state index is 12.7. The average Bonchev–Trinajstić information content (AvgIpc) is 3.21. The minimum Gasteiger partial charge on any atom is -0.444 e. The highest BCUT2D eigenvalue weighted by molar-refractivity contribution is 6.67. The first kappa shape index (κ1) is 23.4. The summed E-state index contributed by atoms with van der Waals surface area (Å²) in [6.45, 7) is 5.45. The number of aromatic nitrogens is 2. The maximum Gasteiger partial charge on any atom is 0.408 e. The van der Waals surface area contributed by atoms with Crippen molar-refractivity contribution in [3.63, 3.8) is 0 Å². The van der Waals surface area contributed by atoms with Crippen molar-refractivity contribution in [3.05, 3.63) is 83.7 Å². The van der Waals surface area contributed by atoms with Gasteiger partial charge >= 0.3 is 6.09 Å². The van der Waals surface area contributed by atoms with Gasteiger partial charge in [0.25, 0.3) is 5.24 Å². The lowest BCUT2D eigenvalue weighted by atomic mass is 9.93. The topological polar surface area (TPSA) is 94.3 Å². The summed E-state index contributed by atoms with van der Waals surface area (Å²) in [4.78, 5) is 28.7. The Hall–Kier alpha value is -3.71. The Labute approximate surface area is 202 Å². The third kappa shape index (κ3) is 5.43. The monoisotopic (exact) mass is 477 g/mol. The van der Waals surface area contributed by atoms with Crippen LogP contribution in [0.2, 0.25) is 0 Å². The molecular formula is C26H24ClN3O4. The molecule has 1 atom stereocenters. The van der Waals surface area contributed by atoms with Crippen LogP contribution in [-0.4, -0.2) is 27.1 Å². The van der Waals surface area contributed by atoms with Crippen molar-refractivity contribution in [3.8, 4) is 11.3 Å². The van der Waals surface area contributed by atoms with Gasteiger partial charge in [0.15, 0.2) is 5.58 Å². The molecule has 1 N–H and O–H groups in total. The lowest BCUT2D eigenvalue weighted by molar-refractivity contribution is 0.0503. The molecule has 0 aliphatic heterocycles. The van der Waals surface area contributed by atoms with Gasteiger partial charge < -0.3 is 14.6 Å². The lowest BCUT2D eigenvalue weighted by Gasteiger charge is -2.25. The van der Waals surface area contributed by atoms with Crippen LogP contribution in [0.1, 0.15) is 48.4 Å². The maximum atomic E-state index is 12.7. The number of halogens is 1. The van der Waals surface area contributed by atoms with Gasteiger partial charge in [-0.05, 0) is 68.3 Å². The van der Waals surface area contributed by atoms with Crippen molar-refractivity contribution in [1.29, 1.82) is 0 Å². The molecule has 0 bridgehead atoms. The van der Waals surface area contributed by atoms with Gasteiger partial charge in [0.05, 0.1) is 6.04 Å². The molecule has 4 aromatic rings. The van der Waals surface area contributed by atoms with Crippen LogP contribution in [0.3, 0.4) is 0 Å². The zero-order valence-corrected chi connectivity index (χ0v) is 19.8. The molecule has 0 aliphatic rings. The fourth-order valence-electron chi connectivity index (χ4n) is 3.69. The number of benzene rings is 2. The van der Waals surface area contributed by atoms with Crippen LogP contribution in [0.15, 0.2) is 71.4 Å². The Morgan fingerprint density at radius 1 is 1.09 bits per heavy atom. The van der Waals surface area contributed by atoms with E-state index in [0.29, 0.717) is 23.3 Å². The number of nitrogens with one attached hydrogen (secondary N) is 1. The molecule has 34 heavy (non-hydrogen) atoms. The van der Waals surface area contributed by atoms with Gasteiger partial charge in [0.1, 0.15) is 11.3 Å². The molecule has 4 rings (SSSR count). The zero-order valence-electron chi connectivity index (χ0n) is 19.0. The number of amides is 1. The van der Waals surface area contributed by atoms with Crippen molar-refractivity contribution in [2.45, 2.75) is 38.8 Å². The van der Waals surface area contributed by atoms with Gasteiger partial charge in [-0.1, -0.05) is 35.5 Å². The molecule has 0 radical (unpaired) electrons. The molecule has 0 fully saturated rings. The zero-order chi connectivity index (χ0) is 24.3. The van der Waals surface area contributed by atoms with Crippen LogP contribution in [0.25, 0.3) is 22.2 Å². The summed E-state index contributed by atoms with van der Waals surface area (Å²) < 4.78 is 11.0. The molecule has 174 valence electrons. The molecule has 0 aliphatic carbocycles. The van der Waals surface area contributed by atoms with Crippen molar-refractivity contribution < 1.29 is 18.8 Å². The standard InChI is InChI=1S/C26H24ClN3O4/c1-26(2,3)33-25(32)29-21(15-17-8-6-7-13-28-17)18-9-4-5-10-19(18)23-20-12-11-16(24(27)31)14-22(20)34-30-23/h4-14,21H,15H2,1-3H3,(H,29,32). The van der Waals surface area contributed by atoms with E-state index in [9.17, 15) is 9.59 Å². The Kier molecular flexibility index (Phi) is 6.65. The van der Waals surface area contributed by atoms with Gasteiger partial charge in [-0.25, -0.2) is 4.79 Å². The molecule has 1 unspecified atom stereocenters. The summed E-state index contributed by atoms with van der Waals surface area (Å²) in [6, 6.07) is 17.8. The van der Waals surface area contributed by atoms with Crippen LogP contribution in [0.5, 0.6) is 0 Å². The minimum atomic E-state index is -0.640. The summed E-state index contributed by atoms with van der Waals surface area (Å²) >= 11 is 5.61. The number of alkyl carbamates (subject to hydrolysis) is 1. The second-order valence-corrected chi connectivity index (χ2v) is 9.17. The second kappa shape index (κ2) is 9.65. The first-order chi connectivity index (χ1) is 16.2. The SMILES string of the molecule is CC(C)(C)OC(=O)NC(Cc1ccccn1)c1ccccc1-c1noc2cc(C(=O)Cl)ccc12. The summed E-state index contributed by atoms with van der Waals surface area (Å²) in [6.07, 6.45) is 1.63. The molecule has 7 nitrogen and oxygen atoms in total. The molecule has 0 spiro atoms. The van der Waals surface area contributed by atoms with Crippen molar-refractivity contribution >= 4 is 33.9 Å². The Morgan fingerprint density at radius 2 is 1.85 bits per heavy atom. The molecule has 2 aromatic heterocycles. The van der Waals surface area contributed by atoms with E-state index in [1.54, 1.807) is 24.4 Å². The Bertz CT molecular complexity index is 1330. The van der Waals surface area contributed by atoms with Crippen LogP contribution < -0.4 is 5.32 Å². The van der Waals surface area contributed by atoms with Crippen molar-refractivity contribution in [2.24, 2.45) is 0 Å². The summed E-state index contributed by atoms with van der Waals surface area (Å²) in [5.41, 5.74) is 3.14. The number of nitrogens with zero attached hydrogens (tertiary/aromatic N) is 2. The smallest absolute Gasteiger partial charge is 0.408 e. The number of pyridine rings is 1. The number of carbonyl (C=O) groups is 2. The fourth-order valence-corrected chi connectivity index (χ4v) is 3.80. The molecule has 0 saturated heterocycles. The van der Waals surface area contributed by atoms with E-state index >= 15 is 0 Å². The number of hydrogen-bond donors (Lipinski definition) is 1. The van der Waals surface area contributed by atoms with Crippen molar-refractivity contribution in [1.82, 2.24) is 15.5 Å². The lowest BCUT2D eigenvalue weighted by Crippen LogP contribution is -2.36. The third-order valence-corrected chi connectivity index (χ3v) is 5.34. The predicted octanol–water partition coefficient (Wildman–Crippen LogP) is 6.08. The highest BCUT2D eigenvalue weighted by atomic mass is 35.5. The average molecular weight is 478 g/mol. The van der Waals surface area contributed by atoms with Crippen molar-refractivity contribution in [2.75, 3.05) is 0 Å². The first-order valence-electron chi connectivity index (χ1n) is 10.8. The van der Waals surface area contributed by atoms with Gasteiger partial charge in [-0.2, -0.15) is 0 Å². The number of ether oxygens (including phenoxy) is 1. The van der Waals surface area contributed by atoms with E-state index in [4.69, 9.17) is 20.9 Å². The molecular weight excluding hydrogens is 454 g/mol. The fraction of sp³-hybridized carbons (Fsp3) is 0.231. The molecule has 2 aromatic carbocycles. The van der Waals surface area contributed by atoms with E-state index in [2.05, 4.69) is 15.5 Å². The van der Waals surface area contributed by atoms with Gasteiger partial charge in [0, 0.05) is 34.8 Å². The van der Waals surface area contributed by atoms with Crippen LogP contribution in [-0.2, 0) is 11.2 Å². The first-order valence-corrected chi connectivity index (χ1v) is 11.2. The van der Waals surface area contributed by atoms with E-state index < -0.39 is 23.0 Å². The molecule has 2 heterocycles. The van der Waals surface area contributed by atoms with Gasteiger partial charge in [0.2, 0.25) is 0 Å². The number of carbonyl (C=O) groups excluding carboxylic acids is 2. The Morgan fingerprint density at radius 3 is 2.56 bits per heavy atom. The predicted molar refractivity (Wildman–Crippen MR) is 130 cm³/mol. The highest BCUT2D eigenvalue weighted by Crippen LogP contribution is 2.34. The van der Waals surface area contributed by atoms with Gasteiger partial charge in [-0.3, -0.25) is 9.78 Å². The molecule has 8 heteroatoms. The Balaban J connectivity index is 1.76. The number of rotatable bonds is 6. The summed E-state index contributed by atoms with van der Waals surface area (Å²) in [5.74, 6) is 0. The highest BCUT2D eigenvalue weighted by Gasteiger charge is 2.25. The largest absolute Gasteiger partial charge is 0.444 e. The minimum absolute atomic E-state index is 0.324. The molecule has 1 amide bonds. The third-order valence-electron chi connectivity index (χ3n) is 5.12.